The first kappa shape index (κ1) is 12.6. The Balaban J connectivity index is 3.11. The van der Waals surface area contributed by atoms with Crippen LogP contribution < -0.4 is 0 Å². The minimum absolute atomic E-state index is 0.835. The number of hydrogen-bond acceptors (Lipinski definition) is 0. The second kappa shape index (κ2) is 9.65. The summed E-state index contributed by atoms with van der Waals surface area (Å²) >= 11 is 0. The van der Waals surface area contributed by atoms with Gasteiger partial charge in [0.1, 0.15) is 0 Å². The number of rotatable bonds is 6. The van der Waals surface area contributed by atoms with Crippen LogP contribution in [0.15, 0.2) is 0 Å². The molecule has 0 nitrogen and oxygen atoms in total. The van der Waals surface area contributed by atoms with Crippen molar-refractivity contribution in [1.29, 1.82) is 0 Å². The molecule has 0 aliphatic rings. The fraction of sp³-hybridized carbons (Fsp3) is 0.846. The average Bonchev–Trinajstić information content (AvgIpc) is 2.09. The zero-order valence-corrected chi connectivity index (χ0v) is 9.53. The molecule has 0 unspecified atom stereocenters. The van der Waals surface area contributed by atoms with E-state index in [1.807, 2.05) is 0 Å². The van der Waals surface area contributed by atoms with Crippen LogP contribution >= 0.6 is 0 Å². The standard InChI is InChI=1S/C13H24/c1-4-5-6-7-8-9-10-11-12-13(2)3/h13H,4-7,10-12H2,1-3H3. The lowest BCUT2D eigenvalue weighted by Gasteiger charge is -1.99. The van der Waals surface area contributed by atoms with Gasteiger partial charge in [0.25, 0.3) is 0 Å². The van der Waals surface area contributed by atoms with Crippen molar-refractivity contribution < 1.29 is 0 Å². The predicted molar refractivity (Wildman–Crippen MR) is 60.6 cm³/mol. The van der Waals surface area contributed by atoms with Gasteiger partial charge in [-0.25, -0.2) is 0 Å². The van der Waals surface area contributed by atoms with E-state index in [1.165, 1.54) is 32.1 Å². The van der Waals surface area contributed by atoms with Gasteiger partial charge in [-0.2, -0.15) is 0 Å². The Bertz CT molecular complexity index is 145. The zero-order chi connectivity index (χ0) is 9.94. The first-order chi connectivity index (χ1) is 6.27. The fourth-order valence-electron chi connectivity index (χ4n) is 1.24. The molecule has 0 atom stereocenters. The smallest absolute Gasteiger partial charge is 0.00887 e. The Morgan fingerprint density at radius 3 is 2.08 bits per heavy atom. The van der Waals surface area contributed by atoms with Crippen molar-refractivity contribution >= 4 is 0 Å². The summed E-state index contributed by atoms with van der Waals surface area (Å²) in [6, 6.07) is 0. The van der Waals surface area contributed by atoms with Crippen LogP contribution in [-0.2, 0) is 0 Å². The normalized spacial score (nSPS) is 9.85. The molecule has 0 aromatic heterocycles. The van der Waals surface area contributed by atoms with E-state index in [4.69, 9.17) is 0 Å². The summed E-state index contributed by atoms with van der Waals surface area (Å²) < 4.78 is 0. The maximum atomic E-state index is 3.25. The van der Waals surface area contributed by atoms with Crippen molar-refractivity contribution in [2.24, 2.45) is 5.92 Å². The van der Waals surface area contributed by atoms with E-state index in [0.717, 1.165) is 18.8 Å². The van der Waals surface area contributed by atoms with Crippen LogP contribution in [0.5, 0.6) is 0 Å². The van der Waals surface area contributed by atoms with Gasteiger partial charge in [-0.15, -0.1) is 11.8 Å². The van der Waals surface area contributed by atoms with Crippen molar-refractivity contribution in [2.45, 2.75) is 65.7 Å². The predicted octanol–water partition coefficient (Wildman–Crippen LogP) is 4.40. The Morgan fingerprint density at radius 1 is 0.923 bits per heavy atom. The summed E-state index contributed by atoms with van der Waals surface area (Å²) in [4.78, 5) is 0. The highest BCUT2D eigenvalue weighted by Gasteiger charge is 1.90. The third-order valence-electron chi connectivity index (χ3n) is 2.11. The van der Waals surface area contributed by atoms with Gasteiger partial charge in [-0.1, -0.05) is 40.0 Å². The van der Waals surface area contributed by atoms with E-state index in [2.05, 4.69) is 32.6 Å². The molecule has 13 heavy (non-hydrogen) atoms. The highest BCUT2D eigenvalue weighted by atomic mass is 14.0. The lowest BCUT2D eigenvalue weighted by Crippen LogP contribution is -1.85. The quantitative estimate of drug-likeness (QED) is 0.420. The molecule has 0 bridgehead atoms. The van der Waals surface area contributed by atoms with Crippen molar-refractivity contribution in [1.82, 2.24) is 0 Å². The third-order valence-corrected chi connectivity index (χ3v) is 2.11. The molecule has 0 saturated carbocycles. The second-order valence-electron chi connectivity index (χ2n) is 4.10. The van der Waals surface area contributed by atoms with Crippen LogP contribution in [0.3, 0.4) is 0 Å². The summed E-state index contributed by atoms with van der Waals surface area (Å²) in [7, 11) is 0. The van der Waals surface area contributed by atoms with E-state index in [-0.39, 0.29) is 0 Å². The highest BCUT2D eigenvalue weighted by molar-refractivity contribution is 4.98. The Morgan fingerprint density at radius 2 is 1.54 bits per heavy atom. The van der Waals surface area contributed by atoms with Gasteiger partial charge in [0.05, 0.1) is 0 Å². The van der Waals surface area contributed by atoms with Crippen molar-refractivity contribution in [3.63, 3.8) is 0 Å². The lowest BCUT2D eigenvalue weighted by molar-refractivity contribution is 0.562. The average molecular weight is 180 g/mol. The molecule has 76 valence electrons. The molecule has 0 saturated heterocycles. The van der Waals surface area contributed by atoms with Gasteiger partial charge < -0.3 is 0 Å². The van der Waals surface area contributed by atoms with Crippen molar-refractivity contribution in [3.05, 3.63) is 0 Å². The molecule has 0 aromatic carbocycles. The Kier molecular flexibility index (Phi) is 9.32. The topological polar surface area (TPSA) is 0 Å². The van der Waals surface area contributed by atoms with Gasteiger partial charge in [0, 0.05) is 12.8 Å². The molecule has 0 spiro atoms. The molecule has 0 amide bonds. The highest BCUT2D eigenvalue weighted by Crippen LogP contribution is 2.05. The molecule has 0 radical (unpaired) electrons. The van der Waals surface area contributed by atoms with Crippen molar-refractivity contribution in [3.8, 4) is 11.8 Å². The van der Waals surface area contributed by atoms with Gasteiger partial charge in [0.2, 0.25) is 0 Å². The van der Waals surface area contributed by atoms with Gasteiger partial charge in [-0.05, 0) is 18.8 Å². The molecule has 0 heteroatoms. The van der Waals surface area contributed by atoms with Crippen molar-refractivity contribution in [2.75, 3.05) is 0 Å². The van der Waals surface area contributed by atoms with E-state index in [1.54, 1.807) is 0 Å². The summed E-state index contributed by atoms with van der Waals surface area (Å²) in [5.74, 6) is 7.33. The van der Waals surface area contributed by atoms with Crippen LogP contribution in [0, 0.1) is 17.8 Å². The van der Waals surface area contributed by atoms with Crippen LogP contribution in [0.25, 0.3) is 0 Å². The van der Waals surface area contributed by atoms with Gasteiger partial charge in [-0.3, -0.25) is 0 Å². The molecular weight excluding hydrogens is 156 g/mol. The van der Waals surface area contributed by atoms with E-state index in [0.29, 0.717) is 0 Å². The minimum atomic E-state index is 0.835. The van der Waals surface area contributed by atoms with Gasteiger partial charge >= 0.3 is 0 Å². The Hall–Kier alpha value is -0.440. The minimum Gasteiger partial charge on any atom is -0.103 e. The third kappa shape index (κ3) is 11.6. The molecule has 0 aliphatic carbocycles. The summed E-state index contributed by atoms with van der Waals surface area (Å²) in [5, 5.41) is 0. The first-order valence-electron chi connectivity index (χ1n) is 5.73. The van der Waals surface area contributed by atoms with Crippen LogP contribution in [0.4, 0.5) is 0 Å². The summed E-state index contributed by atoms with van der Waals surface area (Å²) in [6.07, 6.45) is 8.73. The molecule has 0 aliphatic heterocycles. The monoisotopic (exact) mass is 180 g/mol. The largest absolute Gasteiger partial charge is 0.103 e. The van der Waals surface area contributed by atoms with E-state index in [9.17, 15) is 0 Å². The lowest BCUT2D eigenvalue weighted by atomic mass is 10.1. The molecule has 0 fully saturated rings. The van der Waals surface area contributed by atoms with E-state index >= 15 is 0 Å². The molecule has 0 rings (SSSR count). The van der Waals surface area contributed by atoms with E-state index < -0.39 is 0 Å². The molecule has 0 aromatic rings. The maximum Gasteiger partial charge on any atom is 0.00887 e. The molecular formula is C13H24. The van der Waals surface area contributed by atoms with Crippen LogP contribution in [0.2, 0.25) is 0 Å². The number of unbranched alkanes of at least 4 members (excludes halogenated alkanes) is 4. The molecule has 0 heterocycles. The Labute approximate surface area is 84.1 Å². The second-order valence-corrected chi connectivity index (χ2v) is 4.10. The van der Waals surface area contributed by atoms with Crippen LogP contribution in [0.1, 0.15) is 65.7 Å². The molecule has 0 N–H and O–H groups in total. The number of hydrogen-bond donors (Lipinski definition) is 0. The maximum absolute atomic E-state index is 3.25. The van der Waals surface area contributed by atoms with Gasteiger partial charge in [0.15, 0.2) is 0 Å². The fourth-order valence-corrected chi connectivity index (χ4v) is 1.24. The van der Waals surface area contributed by atoms with Crippen LogP contribution in [-0.4, -0.2) is 0 Å². The first-order valence-corrected chi connectivity index (χ1v) is 5.73. The zero-order valence-electron chi connectivity index (χ0n) is 9.53. The summed E-state index contributed by atoms with van der Waals surface area (Å²) in [5.41, 5.74) is 0. The SMILES string of the molecule is CCCCCC#CCCCC(C)C. The summed E-state index contributed by atoms with van der Waals surface area (Å²) in [6.45, 7) is 6.78.